The summed E-state index contributed by atoms with van der Waals surface area (Å²) in [6.45, 7) is 8.95. The lowest BCUT2D eigenvalue weighted by Gasteiger charge is -2.11. The molecule has 1 N–H and O–H groups in total. The first-order valence-corrected chi connectivity index (χ1v) is 7.13. The van der Waals surface area contributed by atoms with E-state index in [2.05, 4.69) is 24.1 Å². The molecule has 1 atom stereocenters. The van der Waals surface area contributed by atoms with Crippen molar-refractivity contribution < 1.29 is 4.79 Å². The van der Waals surface area contributed by atoms with E-state index < -0.39 is 0 Å². The standard InChI is InChI=1S/C13H22N2OS/c1-5-7-14-13(16)9(3)8-12-11(6-2)15-10(4)17-12/h9H,5-8H2,1-4H3,(H,14,16)/t9-/m1/s1. The molecular weight excluding hydrogens is 232 g/mol. The van der Waals surface area contributed by atoms with Gasteiger partial charge < -0.3 is 5.32 Å². The maximum atomic E-state index is 11.8. The molecule has 1 rings (SSSR count). The molecular formula is C13H22N2OS. The predicted octanol–water partition coefficient (Wildman–Crippen LogP) is 2.72. The Hall–Kier alpha value is -0.900. The zero-order chi connectivity index (χ0) is 12.8. The van der Waals surface area contributed by atoms with Gasteiger partial charge in [-0.25, -0.2) is 4.98 Å². The van der Waals surface area contributed by atoms with Crippen molar-refractivity contribution in [3.8, 4) is 0 Å². The average Bonchev–Trinajstić information content (AvgIpc) is 2.66. The molecule has 1 aromatic rings. The summed E-state index contributed by atoms with van der Waals surface area (Å²) >= 11 is 1.72. The Labute approximate surface area is 108 Å². The van der Waals surface area contributed by atoms with Crippen molar-refractivity contribution in [2.75, 3.05) is 6.54 Å². The van der Waals surface area contributed by atoms with E-state index in [0.717, 1.165) is 36.5 Å². The Balaban J connectivity index is 2.60. The monoisotopic (exact) mass is 254 g/mol. The second-order valence-corrected chi connectivity index (χ2v) is 5.64. The van der Waals surface area contributed by atoms with Crippen molar-refractivity contribution in [3.05, 3.63) is 15.6 Å². The van der Waals surface area contributed by atoms with E-state index in [4.69, 9.17) is 0 Å². The molecule has 1 aromatic heterocycles. The normalized spacial score (nSPS) is 12.5. The molecule has 0 saturated heterocycles. The van der Waals surface area contributed by atoms with Crippen LogP contribution in [0.25, 0.3) is 0 Å². The number of carbonyl (C=O) groups excluding carboxylic acids is 1. The molecule has 0 aromatic carbocycles. The van der Waals surface area contributed by atoms with Crippen molar-refractivity contribution in [2.24, 2.45) is 5.92 Å². The number of aryl methyl sites for hydroxylation is 2. The number of rotatable bonds is 6. The highest BCUT2D eigenvalue weighted by atomic mass is 32.1. The lowest BCUT2D eigenvalue weighted by molar-refractivity contribution is -0.124. The summed E-state index contributed by atoms with van der Waals surface area (Å²) in [6.07, 6.45) is 2.74. The summed E-state index contributed by atoms with van der Waals surface area (Å²) in [5.74, 6) is 0.187. The largest absolute Gasteiger partial charge is 0.356 e. The maximum Gasteiger partial charge on any atom is 0.223 e. The molecule has 1 amide bonds. The summed E-state index contributed by atoms with van der Waals surface area (Å²) in [6, 6.07) is 0. The predicted molar refractivity (Wildman–Crippen MR) is 72.4 cm³/mol. The van der Waals surface area contributed by atoms with Gasteiger partial charge in [0.2, 0.25) is 5.91 Å². The van der Waals surface area contributed by atoms with Crippen LogP contribution < -0.4 is 5.32 Å². The van der Waals surface area contributed by atoms with E-state index in [1.807, 2.05) is 13.8 Å². The number of carbonyl (C=O) groups is 1. The van der Waals surface area contributed by atoms with Crippen LogP contribution in [0.4, 0.5) is 0 Å². The van der Waals surface area contributed by atoms with Gasteiger partial charge in [-0.15, -0.1) is 11.3 Å². The van der Waals surface area contributed by atoms with E-state index in [0.29, 0.717) is 0 Å². The molecule has 0 spiro atoms. The maximum absolute atomic E-state index is 11.8. The van der Waals surface area contributed by atoms with Crippen LogP contribution in [0.3, 0.4) is 0 Å². The van der Waals surface area contributed by atoms with Crippen molar-refractivity contribution in [1.82, 2.24) is 10.3 Å². The minimum atomic E-state index is 0.0340. The quantitative estimate of drug-likeness (QED) is 0.848. The van der Waals surface area contributed by atoms with Crippen LogP contribution >= 0.6 is 11.3 Å². The van der Waals surface area contributed by atoms with Gasteiger partial charge in [-0.05, 0) is 26.2 Å². The molecule has 0 aliphatic carbocycles. The SMILES string of the molecule is CCCNC(=O)[C@H](C)Cc1sc(C)nc1CC. The Bertz CT molecular complexity index is 373. The third kappa shape index (κ3) is 4.11. The van der Waals surface area contributed by atoms with Crippen molar-refractivity contribution in [1.29, 1.82) is 0 Å². The van der Waals surface area contributed by atoms with Gasteiger partial charge in [0.25, 0.3) is 0 Å². The third-order valence-corrected chi connectivity index (χ3v) is 3.74. The molecule has 0 fully saturated rings. The van der Waals surface area contributed by atoms with Crippen LogP contribution in [0.5, 0.6) is 0 Å². The fraction of sp³-hybridized carbons (Fsp3) is 0.692. The van der Waals surface area contributed by atoms with Crippen molar-refractivity contribution >= 4 is 17.2 Å². The average molecular weight is 254 g/mol. The summed E-state index contributed by atoms with van der Waals surface area (Å²) in [4.78, 5) is 17.5. The van der Waals surface area contributed by atoms with Crippen LogP contribution in [0.1, 0.15) is 42.8 Å². The molecule has 96 valence electrons. The van der Waals surface area contributed by atoms with E-state index >= 15 is 0 Å². The van der Waals surface area contributed by atoms with Crippen molar-refractivity contribution in [3.63, 3.8) is 0 Å². The molecule has 17 heavy (non-hydrogen) atoms. The molecule has 0 bridgehead atoms. The summed E-state index contributed by atoms with van der Waals surface area (Å²) in [7, 11) is 0. The first-order valence-electron chi connectivity index (χ1n) is 6.31. The molecule has 0 unspecified atom stereocenters. The Morgan fingerprint density at radius 3 is 2.76 bits per heavy atom. The highest BCUT2D eigenvalue weighted by molar-refractivity contribution is 7.11. The first kappa shape index (κ1) is 14.2. The van der Waals surface area contributed by atoms with Crippen LogP contribution in [0.2, 0.25) is 0 Å². The number of aromatic nitrogens is 1. The summed E-state index contributed by atoms with van der Waals surface area (Å²) in [5.41, 5.74) is 1.16. The number of nitrogens with one attached hydrogen (secondary N) is 1. The van der Waals surface area contributed by atoms with E-state index in [9.17, 15) is 4.79 Å². The molecule has 4 heteroatoms. The van der Waals surface area contributed by atoms with Gasteiger partial charge in [0.05, 0.1) is 10.7 Å². The van der Waals surface area contributed by atoms with Crippen LogP contribution in [-0.2, 0) is 17.6 Å². The van der Waals surface area contributed by atoms with Gasteiger partial charge in [-0.2, -0.15) is 0 Å². The first-order chi connectivity index (χ1) is 8.08. The van der Waals surface area contributed by atoms with Gasteiger partial charge in [0.15, 0.2) is 0 Å². The number of thiazole rings is 1. The number of hydrogen-bond donors (Lipinski definition) is 1. The summed E-state index contributed by atoms with van der Waals surface area (Å²) in [5, 5.41) is 4.04. The van der Waals surface area contributed by atoms with Gasteiger partial charge in [0, 0.05) is 17.3 Å². The lowest BCUT2D eigenvalue weighted by atomic mass is 10.0. The Morgan fingerprint density at radius 1 is 1.47 bits per heavy atom. The highest BCUT2D eigenvalue weighted by Gasteiger charge is 2.16. The molecule has 0 radical (unpaired) electrons. The van der Waals surface area contributed by atoms with Crippen LogP contribution in [0.15, 0.2) is 0 Å². The summed E-state index contributed by atoms with van der Waals surface area (Å²) < 4.78 is 0. The molecule has 3 nitrogen and oxygen atoms in total. The van der Waals surface area contributed by atoms with Gasteiger partial charge in [0.1, 0.15) is 0 Å². The second kappa shape index (κ2) is 6.74. The van der Waals surface area contributed by atoms with Crippen LogP contribution in [0, 0.1) is 12.8 Å². The zero-order valence-corrected chi connectivity index (χ0v) is 12.0. The Kier molecular flexibility index (Phi) is 5.62. The van der Waals surface area contributed by atoms with Crippen molar-refractivity contribution in [2.45, 2.75) is 47.0 Å². The molecule has 0 aliphatic rings. The smallest absolute Gasteiger partial charge is 0.223 e. The number of amides is 1. The topological polar surface area (TPSA) is 42.0 Å². The minimum Gasteiger partial charge on any atom is -0.356 e. The van der Waals surface area contributed by atoms with E-state index in [1.54, 1.807) is 11.3 Å². The number of hydrogen-bond acceptors (Lipinski definition) is 3. The van der Waals surface area contributed by atoms with Gasteiger partial charge in [-0.3, -0.25) is 4.79 Å². The highest BCUT2D eigenvalue weighted by Crippen LogP contribution is 2.22. The van der Waals surface area contributed by atoms with E-state index in [-0.39, 0.29) is 11.8 Å². The number of nitrogens with zero attached hydrogens (tertiary/aromatic N) is 1. The molecule has 0 saturated carbocycles. The van der Waals surface area contributed by atoms with Crippen LogP contribution in [-0.4, -0.2) is 17.4 Å². The fourth-order valence-corrected chi connectivity index (χ4v) is 2.89. The molecule has 1 heterocycles. The van der Waals surface area contributed by atoms with Gasteiger partial charge >= 0.3 is 0 Å². The fourth-order valence-electron chi connectivity index (χ4n) is 1.74. The zero-order valence-electron chi connectivity index (χ0n) is 11.2. The second-order valence-electron chi connectivity index (χ2n) is 4.35. The minimum absolute atomic E-state index is 0.0340. The lowest BCUT2D eigenvalue weighted by Crippen LogP contribution is -2.30. The van der Waals surface area contributed by atoms with E-state index in [1.165, 1.54) is 4.88 Å². The Morgan fingerprint density at radius 2 is 2.18 bits per heavy atom. The van der Waals surface area contributed by atoms with Gasteiger partial charge in [-0.1, -0.05) is 20.8 Å². The molecule has 0 aliphatic heterocycles. The third-order valence-electron chi connectivity index (χ3n) is 2.71.